The Hall–Kier alpha value is -2.39. The van der Waals surface area contributed by atoms with Crippen LogP contribution >= 0.6 is 11.3 Å². The number of hydrogen-bond donors (Lipinski definition) is 1. The maximum Gasteiger partial charge on any atom is 0.188 e. The van der Waals surface area contributed by atoms with Crippen molar-refractivity contribution in [1.29, 1.82) is 0 Å². The molecule has 3 aromatic carbocycles. The van der Waals surface area contributed by atoms with Crippen LogP contribution in [-0.2, 0) is 0 Å². The Morgan fingerprint density at radius 2 is 1.81 bits per heavy atom. The highest BCUT2D eigenvalue weighted by Crippen LogP contribution is 2.31. The second-order valence-electron chi connectivity index (χ2n) is 5.14. The maximum absolute atomic E-state index is 4.66. The highest BCUT2D eigenvalue weighted by molar-refractivity contribution is 7.22. The van der Waals surface area contributed by atoms with Crippen LogP contribution in [-0.4, -0.2) is 4.98 Å². The van der Waals surface area contributed by atoms with Gasteiger partial charge < -0.3 is 5.32 Å². The van der Waals surface area contributed by atoms with E-state index in [4.69, 9.17) is 0 Å². The SMILES string of the molecule is Cc1ccc2nc(Nc3cccc4ccccc34)sc2c1. The van der Waals surface area contributed by atoms with E-state index >= 15 is 0 Å². The fourth-order valence-electron chi connectivity index (χ4n) is 2.53. The standard InChI is InChI=1S/C18H14N2S/c1-12-9-10-16-17(11-12)21-18(20-16)19-15-8-4-6-13-5-2-3-7-14(13)15/h2-11H,1H3,(H,19,20). The van der Waals surface area contributed by atoms with Crippen LogP contribution < -0.4 is 5.32 Å². The monoisotopic (exact) mass is 290 g/mol. The van der Waals surface area contributed by atoms with E-state index in [0.29, 0.717) is 0 Å². The molecule has 0 aliphatic carbocycles. The van der Waals surface area contributed by atoms with Gasteiger partial charge in [-0.05, 0) is 36.1 Å². The Labute approximate surface area is 127 Å². The van der Waals surface area contributed by atoms with Crippen molar-refractivity contribution < 1.29 is 0 Å². The van der Waals surface area contributed by atoms with Gasteiger partial charge in [-0.15, -0.1) is 0 Å². The summed E-state index contributed by atoms with van der Waals surface area (Å²) in [6.07, 6.45) is 0. The van der Waals surface area contributed by atoms with Gasteiger partial charge in [0.1, 0.15) is 0 Å². The summed E-state index contributed by atoms with van der Waals surface area (Å²) < 4.78 is 1.22. The molecule has 0 amide bonds. The van der Waals surface area contributed by atoms with Gasteiger partial charge in [-0.25, -0.2) is 4.98 Å². The second-order valence-corrected chi connectivity index (χ2v) is 6.17. The molecule has 4 rings (SSSR count). The predicted octanol–water partition coefficient (Wildman–Crippen LogP) is 5.50. The summed E-state index contributed by atoms with van der Waals surface area (Å²) >= 11 is 1.69. The highest BCUT2D eigenvalue weighted by atomic mass is 32.1. The Bertz CT molecular complexity index is 935. The first-order valence-electron chi connectivity index (χ1n) is 6.91. The summed E-state index contributed by atoms with van der Waals surface area (Å²) in [7, 11) is 0. The van der Waals surface area contributed by atoms with E-state index in [9.17, 15) is 0 Å². The van der Waals surface area contributed by atoms with Crippen LogP contribution in [0.3, 0.4) is 0 Å². The van der Waals surface area contributed by atoms with E-state index in [1.165, 1.54) is 21.0 Å². The molecule has 102 valence electrons. The van der Waals surface area contributed by atoms with Crippen molar-refractivity contribution in [3.05, 3.63) is 66.2 Å². The normalized spacial score (nSPS) is 11.1. The number of rotatable bonds is 2. The molecule has 21 heavy (non-hydrogen) atoms. The van der Waals surface area contributed by atoms with Crippen molar-refractivity contribution >= 4 is 43.1 Å². The predicted molar refractivity (Wildman–Crippen MR) is 91.6 cm³/mol. The lowest BCUT2D eigenvalue weighted by Gasteiger charge is -2.06. The van der Waals surface area contributed by atoms with Crippen LogP contribution in [0.2, 0.25) is 0 Å². The number of hydrogen-bond acceptors (Lipinski definition) is 3. The van der Waals surface area contributed by atoms with E-state index in [1.54, 1.807) is 11.3 Å². The first kappa shape index (κ1) is 12.4. The number of nitrogens with one attached hydrogen (secondary N) is 1. The molecular formula is C18H14N2S. The van der Waals surface area contributed by atoms with Gasteiger partial charge in [0, 0.05) is 11.1 Å². The Kier molecular flexibility index (Phi) is 2.86. The van der Waals surface area contributed by atoms with Crippen molar-refractivity contribution in [3.8, 4) is 0 Å². The number of aromatic nitrogens is 1. The lowest BCUT2D eigenvalue weighted by atomic mass is 10.1. The van der Waals surface area contributed by atoms with E-state index in [-0.39, 0.29) is 0 Å². The van der Waals surface area contributed by atoms with E-state index < -0.39 is 0 Å². The molecule has 4 aromatic rings. The molecule has 0 aliphatic rings. The van der Waals surface area contributed by atoms with Gasteiger partial charge in [0.15, 0.2) is 5.13 Å². The minimum absolute atomic E-state index is 0.937. The Balaban J connectivity index is 1.79. The van der Waals surface area contributed by atoms with Crippen LogP contribution in [0.25, 0.3) is 21.0 Å². The zero-order valence-corrected chi connectivity index (χ0v) is 12.4. The molecule has 2 nitrogen and oxygen atoms in total. The fourth-order valence-corrected chi connectivity index (χ4v) is 3.51. The summed E-state index contributed by atoms with van der Waals surface area (Å²) in [6.45, 7) is 2.11. The molecule has 0 fully saturated rings. The van der Waals surface area contributed by atoms with Gasteiger partial charge in [0.2, 0.25) is 0 Å². The quantitative estimate of drug-likeness (QED) is 0.527. The van der Waals surface area contributed by atoms with E-state index in [2.05, 4.69) is 77.9 Å². The number of nitrogens with zero attached hydrogens (tertiary/aromatic N) is 1. The van der Waals surface area contributed by atoms with Gasteiger partial charge in [0.05, 0.1) is 10.2 Å². The minimum atomic E-state index is 0.937. The van der Waals surface area contributed by atoms with Crippen molar-refractivity contribution in [2.75, 3.05) is 5.32 Å². The molecule has 0 radical (unpaired) electrons. The molecule has 0 aliphatic heterocycles. The third kappa shape index (κ3) is 2.26. The number of fused-ring (bicyclic) bond motifs is 2. The maximum atomic E-state index is 4.66. The Morgan fingerprint density at radius 1 is 0.952 bits per heavy atom. The third-order valence-electron chi connectivity index (χ3n) is 3.58. The molecule has 0 spiro atoms. The molecule has 0 unspecified atom stereocenters. The lowest BCUT2D eigenvalue weighted by Crippen LogP contribution is -1.90. The van der Waals surface area contributed by atoms with Crippen LogP contribution in [0.4, 0.5) is 10.8 Å². The molecule has 1 N–H and O–H groups in total. The van der Waals surface area contributed by atoms with Crippen LogP contribution in [0.1, 0.15) is 5.56 Å². The minimum Gasteiger partial charge on any atom is -0.331 e. The summed E-state index contributed by atoms with van der Waals surface area (Å²) in [5, 5.41) is 6.85. The van der Waals surface area contributed by atoms with Gasteiger partial charge in [0.25, 0.3) is 0 Å². The van der Waals surface area contributed by atoms with Crippen LogP contribution in [0.15, 0.2) is 60.7 Å². The zero-order valence-electron chi connectivity index (χ0n) is 11.6. The Morgan fingerprint density at radius 3 is 2.76 bits per heavy atom. The van der Waals surface area contributed by atoms with Crippen molar-refractivity contribution in [1.82, 2.24) is 4.98 Å². The first-order valence-corrected chi connectivity index (χ1v) is 7.73. The van der Waals surface area contributed by atoms with Crippen molar-refractivity contribution in [2.45, 2.75) is 6.92 Å². The number of anilines is 2. The molecule has 3 heteroatoms. The molecule has 1 aromatic heterocycles. The lowest BCUT2D eigenvalue weighted by molar-refractivity contribution is 1.44. The van der Waals surface area contributed by atoms with Gasteiger partial charge in [-0.2, -0.15) is 0 Å². The summed E-state index contributed by atoms with van der Waals surface area (Å²) in [5.74, 6) is 0. The average Bonchev–Trinajstić information content (AvgIpc) is 2.89. The number of aryl methyl sites for hydroxylation is 1. The summed E-state index contributed by atoms with van der Waals surface area (Å²) in [6, 6.07) is 21.0. The summed E-state index contributed by atoms with van der Waals surface area (Å²) in [4.78, 5) is 4.66. The fraction of sp³-hybridized carbons (Fsp3) is 0.0556. The van der Waals surface area contributed by atoms with Crippen molar-refractivity contribution in [3.63, 3.8) is 0 Å². The molecule has 0 saturated carbocycles. The van der Waals surface area contributed by atoms with E-state index in [1.807, 2.05) is 0 Å². The smallest absolute Gasteiger partial charge is 0.188 e. The van der Waals surface area contributed by atoms with Gasteiger partial charge in [-0.3, -0.25) is 0 Å². The third-order valence-corrected chi connectivity index (χ3v) is 4.51. The largest absolute Gasteiger partial charge is 0.331 e. The van der Waals surface area contributed by atoms with Gasteiger partial charge >= 0.3 is 0 Å². The van der Waals surface area contributed by atoms with Gasteiger partial charge in [-0.1, -0.05) is 53.8 Å². The summed E-state index contributed by atoms with van der Waals surface area (Å²) in [5.41, 5.74) is 3.42. The molecular weight excluding hydrogens is 276 g/mol. The van der Waals surface area contributed by atoms with Crippen LogP contribution in [0, 0.1) is 6.92 Å². The highest BCUT2D eigenvalue weighted by Gasteiger charge is 2.06. The zero-order chi connectivity index (χ0) is 14.2. The molecule has 0 bridgehead atoms. The second kappa shape index (κ2) is 4.86. The molecule has 0 saturated heterocycles. The first-order chi connectivity index (χ1) is 10.3. The average molecular weight is 290 g/mol. The van der Waals surface area contributed by atoms with Crippen LogP contribution in [0.5, 0.6) is 0 Å². The number of thiazole rings is 1. The van der Waals surface area contributed by atoms with E-state index in [0.717, 1.165) is 16.3 Å². The topological polar surface area (TPSA) is 24.9 Å². The molecule has 0 atom stereocenters. The molecule has 1 heterocycles. The number of benzene rings is 3. The van der Waals surface area contributed by atoms with Crippen molar-refractivity contribution in [2.24, 2.45) is 0 Å².